The van der Waals surface area contributed by atoms with Crippen molar-refractivity contribution in [1.29, 1.82) is 0 Å². The Morgan fingerprint density at radius 2 is 1.67 bits per heavy atom. The summed E-state index contributed by atoms with van der Waals surface area (Å²) in [5.41, 5.74) is 0. The fourth-order valence-electron chi connectivity index (χ4n) is 4.08. The monoisotopic (exact) mass is 251 g/mol. The van der Waals surface area contributed by atoms with Gasteiger partial charge in [-0.15, -0.1) is 0 Å². The van der Waals surface area contributed by atoms with Crippen LogP contribution >= 0.6 is 0 Å². The number of carbonyl (C=O) groups is 1. The molecule has 1 aliphatic carbocycles. The van der Waals surface area contributed by atoms with Crippen molar-refractivity contribution in [2.45, 2.75) is 57.4 Å². The van der Waals surface area contributed by atoms with Gasteiger partial charge in [0.2, 0.25) is 5.91 Å². The Bertz CT molecular complexity index is 297. The zero-order valence-corrected chi connectivity index (χ0v) is 11.3. The van der Waals surface area contributed by atoms with Crippen molar-refractivity contribution in [3.63, 3.8) is 0 Å². The molecule has 0 aromatic rings. The summed E-state index contributed by atoms with van der Waals surface area (Å²) in [6.45, 7) is 2.56. The van der Waals surface area contributed by atoms with Gasteiger partial charge in [0.05, 0.1) is 0 Å². The minimum atomic E-state index is 0.249. The Morgan fingerprint density at radius 1 is 0.944 bits per heavy atom. The van der Waals surface area contributed by atoms with E-state index in [-0.39, 0.29) is 5.92 Å². The Labute approximate surface area is 110 Å². The molecular weight excluding hydrogens is 226 g/mol. The minimum absolute atomic E-state index is 0.249. The molecule has 0 N–H and O–H groups in total. The van der Waals surface area contributed by atoms with Gasteiger partial charge in [0, 0.05) is 31.7 Å². The van der Waals surface area contributed by atoms with Crippen molar-refractivity contribution < 1.29 is 9.53 Å². The number of hydrogen-bond acceptors (Lipinski definition) is 2. The van der Waals surface area contributed by atoms with E-state index in [2.05, 4.69) is 4.90 Å². The normalized spacial score (nSPS) is 34.1. The molecule has 2 heterocycles. The largest absolute Gasteiger partial charge is 0.381 e. The van der Waals surface area contributed by atoms with E-state index in [1.807, 2.05) is 0 Å². The molecule has 2 atom stereocenters. The van der Waals surface area contributed by atoms with Crippen molar-refractivity contribution in [3.8, 4) is 0 Å². The molecule has 0 aromatic heterocycles. The molecule has 18 heavy (non-hydrogen) atoms. The predicted molar refractivity (Wildman–Crippen MR) is 70.2 cm³/mol. The molecule has 3 nitrogen and oxygen atoms in total. The van der Waals surface area contributed by atoms with Crippen LogP contribution in [0.5, 0.6) is 0 Å². The van der Waals surface area contributed by atoms with Crippen molar-refractivity contribution in [1.82, 2.24) is 4.90 Å². The van der Waals surface area contributed by atoms with Gasteiger partial charge in [-0.25, -0.2) is 0 Å². The average Bonchev–Trinajstić information content (AvgIpc) is 2.47. The lowest BCUT2D eigenvalue weighted by molar-refractivity contribution is -0.145. The van der Waals surface area contributed by atoms with Crippen LogP contribution in [0.4, 0.5) is 0 Å². The predicted octanol–water partition coefficient (Wildman–Crippen LogP) is 2.59. The number of piperidine rings is 1. The van der Waals surface area contributed by atoms with Crippen molar-refractivity contribution >= 4 is 5.91 Å². The maximum Gasteiger partial charge on any atom is 0.226 e. The molecule has 0 radical (unpaired) electrons. The average molecular weight is 251 g/mol. The van der Waals surface area contributed by atoms with E-state index < -0.39 is 0 Å². The van der Waals surface area contributed by atoms with Crippen LogP contribution in [0.3, 0.4) is 0 Å². The van der Waals surface area contributed by atoms with Gasteiger partial charge in [-0.05, 0) is 44.4 Å². The molecule has 0 aromatic carbocycles. The van der Waals surface area contributed by atoms with Gasteiger partial charge in [-0.2, -0.15) is 0 Å². The standard InChI is InChI=1S/C15H25NO2/c17-15(13-7-10-18-11-8-13)16-9-3-5-12-4-1-2-6-14(12)16/h12-14H,1-11H2. The molecule has 3 rings (SSSR count). The van der Waals surface area contributed by atoms with Crippen LogP contribution < -0.4 is 0 Å². The molecule has 1 saturated carbocycles. The molecule has 3 aliphatic rings. The smallest absolute Gasteiger partial charge is 0.226 e. The maximum absolute atomic E-state index is 12.7. The summed E-state index contributed by atoms with van der Waals surface area (Å²) in [5, 5.41) is 0. The summed E-state index contributed by atoms with van der Waals surface area (Å²) in [6, 6.07) is 0.572. The van der Waals surface area contributed by atoms with Crippen molar-refractivity contribution in [2.24, 2.45) is 11.8 Å². The van der Waals surface area contributed by atoms with Gasteiger partial charge >= 0.3 is 0 Å². The van der Waals surface area contributed by atoms with Crippen LogP contribution in [0.15, 0.2) is 0 Å². The van der Waals surface area contributed by atoms with Crippen LogP contribution in [-0.4, -0.2) is 36.6 Å². The fraction of sp³-hybridized carbons (Fsp3) is 0.933. The van der Waals surface area contributed by atoms with E-state index >= 15 is 0 Å². The number of likely N-dealkylation sites (tertiary alicyclic amines) is 1. The maximum atomic E-state index is 12.7. The van der Waals surface area contributed by atoms with Crippen molar-refractivity contribution in [3.05, 3.63) is 0 Å². The highest BCUT2D eigenvalue weighted by Gasteiger charge is 2.38. The lowest BCUT2D eigenvalue weighted by Gasteiger charge is -2.45. The second-order valence-corrected chi connectivity index (χ2v) is 6.17. The molecule has 1 amide bonds. The van der Waals surface area contributed by atoms with E-state index in [0.717, 1.165) is 38.5 Å². The molecule has 102 valence electrons. The lowest BCUT2D eigenvalue weighted by atomic mass is 9.77. The second kappa shape index (κ2) is 5.60. The van der Waals surface area contributed by atoms with E-state index in [0.29, 0.717) is 11.9 Å². The highest BCUT2D eigenvalue weighted by molar-refractivity contribution is 5.79. The van der Waals surface area contributed by atoms with Crippen molar-refractivity contribution in [2.75, 3.05) is 19.8 Å². The summed E-state index contributed by atoms with van der Waals surface area (Å²) in [5.74, 6) is 1.49. The summed E-state index contributed by atoms with van der Waals surface area (Å²) in [6.07, 6.45) is 9.73. The first kappa shape index (κ1) is 12.5. The number of fused-ring (bicyclic) bond motifs is 1. The highest BCUT2D eigenvalue weighted by Crippen LogP contribution is 2.36. The number of carbonyl (C=O) groups excluding carboxylic acids is 1. The van der Waals surface area contributed by atoms with Crippen LogP contribution in [0.25, 0.3) is 0 Å². The quantitative estimate of drug-likeness (QED) is 0.717. The van der Waals surface area contributed by atoms with Gasteiger partial charge in [-0.3, -0.25) is 4.79 Å². The molecule has 0 spiro atoms. The van der Waals surface area contributed by atoms with Crippen LogP contribution in [0.1, 0.15) is 51.4 Å². The molecule has 3 fully saturated rings. The first-order valence-corrected chi connectivity index (χ1v) is 7.74. The Balaban J connectivity index is 1.67. The summed E-state index contributed by atoms with van der Waals surface area (Å²) in [4.78, 5) is 14.9. The Morgan fingerprint density at radius 3 is 2.50 bits per heavy atom. The molecular formula is C15H25NO2. The number of amides is 1. The zero-order chi connectivity index (χ0) is 12.4. The topological polar surface area (TPSA) is 29.5 Å². The third kappa shape index (κ3) is 2.42. The Kier molecular flexibility index (Phi) is 3.88. The van der Waals surface area contributed by atoms with Gasteiger partial charge in [0.25, 0.3) is 0 Å². The molecule has 0 bridgehead atoms. The van der Waals surface area contributed by atoms with Gasteiger partial charge in [0.1, 0.15) is 0 Å². The van der Waals surface area contributed by atoms with E-state index in [4.69, 9.17) is 4.74 Å². The summed E-state index contributed by atoms with van der Waals surface area (Å²) < 4.78 is 5.37. The number of rotatable bonds is 1. The molecule has 2 saturated heterocycles. The number of nitrogens with zero attached hydrogens (tertiary/aromatic N) is 1. The summed E-state index contributed by atoms with van der Waals surface area (Å²) >= 11 is 0. The van der Waals surface area contributed by atoms with E-state index in [1.165, 1.54) is 38.5 Å². The van der Waals surface area contributed by atoms with Gasteiger partial charge in [-0.1, -0.05) is 12.8 Å². The van der Waals surface area contributed by atoms with Gasteiger partial charge in [0.15, 0.2) is 0 Å². The van der Waals surface area contributed by atoms with Crippen LogP contribution in [0, 0.1) is 11.8 Å². The molecule has 3 heteroatoms. The second-order valence-electron chi connectivity index (χ2n) is 6.17. The minimum Gasteiger partial charge on any atom is -0.381 e. The fourth-order valence-corrected chi connectivity index (χ4v) is 4.08. The first-order chi connectivity index (χ1) is 8.86. The SMILES string of the molecule is O=C(C1CCOCC1)N1CCCC2CCCCC21. The first-order valence-electron chi connectivity index (χ1n) is 7.74. The molecule has 2 aliphatic heterocycles. The number of hydrogen-bond donors (Lipinski definition) is 0. The highest BCUT2D eigenvalue weighted by atomic mass is 16.5. The third-order valence-electron chi connectivity index (χ3n) is 5.10. The van der Waals surface area contributed by atoms with E-state index in [1.54, 1.807) is 0 Å². The zero-order valence-electron chi connectivity index (χ0n) is 11.3. The third-order valence-corrected chi connectivity index (χ3v) is 5.10. The van der Waals surface area contributed by atoms with Gasteiger partial charge < -0.3 is 9.64 Å². The van der Waals surface area contributed by atoms with Crippen LogP contribution in [0.2, 0.25) is 0 Å². The van der Waals surface area contributed by atoms with Crippen LogP contribution in [-0.2, 0) is 9.53 Å². The summed E-state index contributed by atoms with van der Waals surface area (Å²) in [7, 11) is 0. The number of ether oxygens (including phenoxy) is 1. The molecule has 2 unspecified atom stereocenters. The van der Waals surface area contributed by atoms with E-state index in [9.17, 15) is 4.79 Å². The Hall–Kier alpha value is -0.570. The lowest BCUT2D eigenvalue weighted by Crippen LogP contribution is -2.52.